The molecular weight excluding hydrogens is 340 g/mol. The Balaban J connectivity index is 1.48. The molecule has 3 nitrogen and oxygen atoms in total. The van der Waals surface area contributed by atoms with Gasteiger partial charge >= 0.3 is 0 Å². The van der Waals surface area contributed by atoms with Crippen molar-refractivity contribution in [3.8, 4) is 16.2 Å². The topological polar surface area (TPSA) is 34.1 Å². The lowest BCUT2D eigenvalue weighted by Gasteiger charge is -2.05. The van der Waals surface area contributed by atoms with Crippen molar-refractivity contribution < 1.29 is 4.74 Å². The molecule has 0 fully saturated rings. The van der Waals surface area contributed by atoms with Gasteiger partial charge in [0.05, 0.1) is 12.0 Å². The summed E-state index contributed by atoms with van der Waals surface area (Å²) in [7, 11) is 1.69. The predicted molar refractivity (Wildman–Crippen MR) is 110 cm³/mol. The summed E-state index contributed by atoms with van der Waals surface area (Å²) < 4.78 is 5.19. The Morgan fingerprint density at radius 2 is 1.77 bits per heavy atom. The van der Waals surface area contributed by atoms with Crippen molar-refractivity contribution in [1.82, 2.24) is 10.3 Å². The van der Waals surface area contributed by atoms with Gasteiger partial charge in [-0.25, -0.2) is 4.98 Å². The number of thiazole rings is 1. The van der Waals surface area contributed by atoms with Crippen LogP contribution in [0.2, 0.25) is 0 Å². The van der Waals surface area contributed by atoms with E-state index in [0.29, 0.717) is 5.92 Å². The van der Waals surface area contributed by atoms with Crippen molar-refractivity contribution >= 4 is 11.3 Å². The summed E-state index contributed by atoms with van der Waals surface area (Å²) in [6.07, 6.45) is 2.98. The third-order valence-corrected chi connectivity index (χ3v) is 5.49. The molecule has 1 aromatic heterocycles. The number of nitrogens with zero attached hydrogens (tertiary/aromatic N) is 1. The summed E-state index contributed by atoms with van der Waals surface area (Å²) in [6.45, 7) is 6.18. The predicted octanol–water partition coefficient (Wildman–Crippen LogP) is 5.27. The second kappa shape index (κ2) is 8.97. The quantitative estimate of drug-likeness (QED) is 0.551. The number of ether oxygens (including phenoxy) is 1. The Morgan fingerprint density at radius 1 is 1.04 bits per heavy atom. The van der Waals surface area contributed by atoms with Gasteiger partial charge in [0.25, 0.3) is 0 Å². The van der Waals surface area contributed by atoms with Crippen LogP contribution in [-0.2, 0) is 13.0 Å². The van der Waals surface area contributed by atoms with Crippen LogP contribution >= 0.6 is 11.3 Å². The van der Waals surface area contributed by atoms with Gasteiger partial charge in [-0.15, -0.1) is 11.3 Å². The van der Waals surface area contributed by atoms with E-state index in [2.05, 4.69) is 60.5 Å². The molecule has 0 amide bonds. The molecule has 0 aliphatic carbocycles. The molecule has 0 saturated heterocycles. The molecule has 3 rings (SSSR count). The molecular formula is C22H26N2OS. The molecule has 3 aromatic rings. The number of rotatable bonds is 8. The Hall–Kier alpha value is -2.17. The van der Waals surface area contributed by atoms with Crippen molar-refractivity contribution in [2.45, 2.75) is 32.7 Å². The van der Waals surface area contributed by atoms with Gasteiger partial charge in [0.2, 0.25) is 0 Å². The molecule has 0 bridgehead atoms. The highest BCUT2D eigenvalue weighted by Gasteiger charge is 2.06. The minimum absolute atomic E-state index is 0.566. The van der Waals surface area contributed by atoms with E-state index >= 15 is 0 Å². The Labute approximate surface area is 160 Å². The monoisotopic (exact) mass is 366 g/mol. The zero-order valence-corrected chi connectivity index (χ0v) is 16.5. The first kappa shape index (κ1) is 18.6. The summed E-state index contributed by atoms with van der Waals surface area (Å²) in [5.74, 6) is 1.47. The van der Waals surface area contributed by atoms with Crippen LogP contribution in [0.3, 0.4) is 0 Å². The molecule has 0 aliphatic heterocycles. The van der Waals surface area contributed by atoms with Crippen LogP contribution in [0.25, 0.3) is 10.4 Å². The standard InChI is InChI=1S/C22H26N2OS/c1-16(2)18-6-8-19(9-7-18)21-14-24-22(26-21)15-23-13-12-17-4-10-20(25-3)11-5-17/h4-11,14,16,23H,12-13,15H2,1-3H3. The minimum atomic E-state index is 0.566. The lowest BCUT2D eigenvalue weighted by atomic mass is 10.0. The molecule has 0 spiro atoms. The number of hydrogen-bond donors (Lipinski definition) is 1. The molecule has 0 unspecified atom stereocenters. The molecule has 0 aliphatic rings. The lowest BCUT2D eigenvalue weighted by Crippen LogP contribution is -2.16. The maximum Gasteiger partial charge on any atom is 0.118 e. The largest absolute Gasteiger partial charge is 0.497 e. The first-order valence-corrected chi connectivity index (χ1v) is 9.86. The molecule has 4 heteroatoms. The van der Waals surface area contributed by atoms with Gasteiger partial charge < -0.3 is 10.1 Å². The smallest absolute Gasteiger partial charge is 0.118 e. The number of nitrogens with one attached hydrogen (secondary N) is 1. The van der Waals surface area contributed by atoms with Crippen molar-refractivity contribution in [2.75, 3.05) is 13.7 Å². The normalized spacial score (nSPS) is 11.1. The zero-order valence-electron chi connectivity index (χ0n) is 15.7. The molecule has 0 atom stereocenters. The first-order chi connectivity index (χ1) is 12.7. The highest BCUT2D eigenvalue weighted by molar-refractivity contribution is 7.15. The highest BCUT2D eigenvalue weighted by atomic mass is 32.1. The van der Waals surface area contributed by atoms with Gasteiger partial charge in [-0.3, -0.25) is 0 Å². The van der Waals surface area contributed by atoms with Crippen molar-refractivity contribution in [3.05, 3.63) is 70.9 Å². The second-order valence-electron chi connectivity index (χ2n) is 6.67. The molecule has 26 heavy (non-hydrogen) atoms. The van der Waals surface area contributed by atoms with Crippen molar-refractivity contribution in [2.24, 2.45) is 0 Å². The van der Waals surface area contributed by atoms with Crippen LogP contribution in [0.15, 0.2) is 54.7 Å². The van der Waals surface area contributed by atoms with E-state index < -0.39 is 0 Å². The van der Waals surface area contributed by atoms with Crippen LogP contribution in [0.4, 0.5) is 0 Å². The third-order valence-electron chi connectivity index (χ3n) is 4.44. The highest BCUT2D eigenvalue weighted by Crippen LogP contribution is 2.27. The van der Waals surface area contributed by atoms with Crippen molar-refractivity contribution in [3.63, 3.8) is 0 Å². The fraction of sp³-hybridized carbons (Fsp3) is 0.318. The molecule has 0 saturated carbocycles. The summed E-state index contributed by atoms with van der Waals surface area (Å²) in [5, 5.41) is 4.61. The fourth-order valence-corrected chi connectivity index (χ4v) is 3.67. The van der Waals surface area contributed by atoms with Crippen LogP contribution in [-0.4, -0.2) is 18.6 Å². The lowest BCUT2D eigenvalue weighted by molar-refractivity contribution is 0.414. The van der Waals surface area contributed by atoms with Crippen LogP contribution in [0.1, 0.15) is 35.9 Å². The molecule has 0 radical (unpaired) electrons. The van der Waals surface area contributed by atoms with Gasteiger partial charge in [0, 0.05) is 12.7 Å². The number of benzene rings is 2. The average molecular weight is 367 g/mol. The van der Waals surface area contributed by atoms with Crippen LogP contribution in [0, 0.1) is 0 Å². The number of aromatic nitrogens is 1. The van der Waals surface area contributed by atoms with E-state index in [9.17, 15) is 0 Å². The summed E-state index contributed by atoms with van der Waals surface area (Å²) in [6, 6.07) is 17.1. The number of hydrogen-bond acceptors (Lipinski definition) is 4. The Bertz CT molecular complexity index is 807. The number of methoxy groups -OCH3 is 1. The Morgan fingerprint density at radius 3 is 2.42 bits per heavy atom. The van der Waals surface area contributed by atoms with Crippen LogP contribution < -0.4 is 10.1 Å². The molecule has 2 aromatic carbocycles. The van der Waals surface area contributed by atoms with E-state index in [1.165, 1.54) is 21.6 Å². The van der Waals surface area contributed by atoms with E-state index in [1.807, 2.05) is 18.3 Å². The maximum atomic E-state index is 5.19. The Kier molecular flexibility index (Phi) is 6.42. The molecule has 136 valence electrons. The van der Waals surface area contributed by atoms with E-state index in [1.54, 1.807) is 18.4 Å². The summed E-state index contributed by atoms with van der Waals surface area (Å²) in [4.78, 5) is 5.79. The summed E-state index contributed by atoms with van der Waals surface area (Å²) >= 11 is 1.76. The fourth-order valence-electron chi connectivity index (χ4n) is 2.78. The average Bonchev–Trinajstić information content (AvgIpc) is 3.15. The second-order valence-corrected chi connectivity index (χ2v) is 7.79. The molecule has 1 N–H and O–H groups in total. The van der Waals surface area contributed by atoms with Gasteiger partial charge in [0.15, 0.2) is 0 Å². The first-order valence-electron chi connectivity index (χ1n) is 9.04. The van der Waals surface area contributed by atoms with Crippen LogP contribution in [0.5, 0.6) is 5.75 Å². The van der Waals surface area contributed by atoms with Gasteiger partial charge in [-0.1, -0.05) is 50.2 Å². The van der Waals surface area contributed by atoms with Crippen molar-refractivity contribution in [1.29, 1.82) is 0 Å². The van der Waals surface area contributed by atoms with E-state index in [0.717, 1.165) is 30.3 Å². The van der Waals surface area contributed by atoms with E-state index in [4.69, 9.17) is 4.74 Å². The molecule has 1 heterocycles. The van der Waals surface area contributed by atoms with Gasteiger partial charge in [-0.2, -0.15) is 0 Å². The van der Waals surface area contributed by atoms with Gasteiger partial charge in [0.1, 0.15) is 10.8 Å². The maximum absolute atomic E-state index is 5.19. The van der Waals surface area contributed by atoms with Gasteiger partial charge in [-0.05, 0) is 47.7 Å². The summed E-state index contributed by atoms with van der Waals surface area (Å²) in [5.41, 5.74) is 3.93. The third kappa shape index (κ3) is 4.93. The SMILES string of the molecule is COc1ccc(CCNCc2ncc(-c3ccc(C(C)C)cc3)s2)cc1. The minimum Gasteiger partial charge on any atom is -0.497 e. The zero-order chi connectivity index (χ0) is 18.4. The van der Waals surface area contributed by atoms with E-state index in [-0.39, 0.29) is 0 Å².